The van der Waals surface area contributed by atoms with Gasteiger partial charge in [-0.25, -0.2) is 0 Å². The molecule has 0 radical (unpaired) electrons. The average Bonchev–Trinajstić information content (AvgIpc) is 2.09. The number of hydrogen-bond acceptors (Lipinski definition) is 3. The van der Waals surface area contributed by atoms with Crippen LogP contribution in [0.25, 0.3) is 0 Å². The fourth-order valence-corrected chi connectivity index (χ4v) is 21.4. The zero-order valence-electron chi connectivity index (χ0n) is 11.5. The highest BCUT2D eigenvalue weighted by Crippen LogP contribution is 2.15. The van der Waals surface area contributed by atoms with E-state index in [4.69, 9.17) is 12.3 Å². The molecule has 0 aliphatic heterocycles. The maximum absolute atomic E-state index is 6.13. The van der Waals surface area contributed by atoms with E-state index >= 15 is 0 Å². The van der Waals surface area contributed by atoms with E-state index in [1.54, 1.807) is 0 Å². The van der Waals surface area contributed by atoms with Gasteiger partial charge in [-0.15, -0.1) is 6.58 Å². The molecule has 1 atom stereocenters. The van der Waals surface area contributed by atoms with Crippen molar-refractivity contribution in [3.05, 3.63) is 12.3 Å². The molecule has 0 spiro atoms. The Bertz CT molecular complexity index is 218. The van der Waals surface area contributed by atoms with Gasteiger partial charge in [-0.2, -0.15) is 0 Å². The van der Waals surface area contributed by atoms with Gasteiger partial charge in [0, 0.05) is 0 Å². The van der Waals surface area contributed by atoms with Crippen molar-refractivity contribution >= 4 is 44.5 Å². The maximum Gasteiger partial charge on any atom is 0.340 e. The average molecular weight is 311 g/mol. The van der Waals surface area contributed by atoms with Crippen LogP contribution < -0.4 is 0 Å². The van der Waals surface area contributed by atoms with Crippen molar-refractivity contribution in [3.63, 3.8) is 0 Å². The van der Waals surface area contributed by atoms with Gasteiger partial charge in [-0.1, -0.05) is 5.70 Å². The summed E-state index contributed by atoms with van der Waals surface area (Å²) in [6.07, 6.45) is 0. The third-order valence-corrected chi connectivity index (χ3v) is 18.0. The van der Waals surface area contributed by atoms with Crippen LogP contribution in [-0.4, -0.2) is 44.5 Å². The Morgan fingerprint density at radius 3 is 2.06 bits per heavy atom. The minimum absolute atomic E-state index is 0.378. The zero-order valence-corrected chi connectivity index (χ0v) is 17.5. The Balaban J connectivity index is 4.03. The Hall–Kier alpha value is 0.704. The minimum atomic E-state index is -2.07. The molecule has 0 bridgehead atoms. The van der Waals surface area contributed by atoms with Gasteiger partial charge in [-0.3, -0.25) is 0 Å². The first-order chi connectivity index (χ1) is 7.18. The molecule has 96 valence electrons. The molecule has 0 aromatic rings. The number of rotatable bonds is 8. The second kappa shape index (κ2) is 7.21. The summed E-state index contributed by atoms with van der Waals surface area (Å²) in [5.74, 6) is 0. The lowest BCUT2D eigenvalue weighted by Crippen LogP contribution is -2.47. The summed E-state index contributed by atoms with van der Waals surface area (Å²) in [5.41, 5.74) is 1.92. The van der Waals surface area contributed by atoms with Crippen LogP contribution in [0.5, 0.6) is 0 Å². The molecule has 16 heavy (non-hydrogen) atoms. The van der Waals surface area contributed by atoms with E-state index in [0.29, 0.717) is 0 Å². The van der Waals surface area contributed by atoms with Gasteiger partial charge < -0.3 is 12.3 Å². The Morgan fingerprint density at radius 1 is 1.12 bits per heavy atom. The molecule has 0 aliphatic carbocycles. The SMILES string of the molecule is C=C[Si](C)(O[SiH2][SiH2]O[SiH](C)C)O[Si](C)(C)C. The molecular weight excluding hydrogens is 285 g/mol. The first-order valence-electron chi connectivity index (χ1n) is 5.78. The Labute approximate surface area is 108 Å². The fraction of sp³-hybridized carbons (Fsp3) is 0.750. The van der Waals surface area contributed by atoms with Gasteiger partial charge in [0.1, 0.15) is 0 Å². The first kappa shape index (κ1) is 16.7. The van der Waals surface area contributed by atoms with Crippen LogP contribution in [0.2, 0.25) is 39.3 Å². The molecular formula is C8H26O3Si5. The second-order valence-corrected chi connectivity index (χ2v) is 20.5. The van der Waals surface area contributed by atoms with E-state index in [0.717, 1.165) is 0 Å². The van der Waals surface area contributed by atoms with Crippen molar-refractivity contribution in [1.82, 2.24) is 0 Å². The van der Waals surface area contributed by atoms with Crippen molar-refractivity contribution in [2.24, 2.45) is 0 Å². The van der Waals surface area contributed by atoms with E-state index in [1.165, 1.54) is 0 Å². The standard InChI is InChI=1S/C8H26O3Si5/c1-8-16(7,11-15(4,5)6)10-13-12-9-14(2)3/h8,14H,1,12-13H2,2-7H3. The molecule has 0 fully saturated rings. The van der Waals surface area contributed by atoms with E-state index in [-0.39, 0.29) is 9.28 Å². The highest BCUT2D eigenvalue weighted by atomic mass is 29.2. The highest BCUT2D eigenvalue weighted by Gasteiger charge is 2.33. The van der Waals surface area contributed by atoms with Crippen LogP contribution in [0.15, 0.2) is 12.3 Å². The van der Waals surface area contributed by atoms with Gasteiger partial charge >= 0.3 is 8.56 Å². The lowest BCUT2D eigenvalue weighted by molar-refractivity contribution is 0.421. The fourth-order valence-electron chi connectivity index (χ4n) is 1.27. The molecule has 0 rings (SSSR count). The van der Waals surface area contributed by atoms with E-state index in [2.05, 4.69) is 45.9 Å². The van der Waals surface area contributed by atoms with Gasteiger partial charge in [0.2, 0.25) is 0 Å². The summed E-state index contributed by atoms with van der Waals surface area (Å²) in [6.45, 7) is 17.0. The summed E-state index contributed by atoms with van der Waals surface area (Å²) in [4.78, 5) is 0. The van der Waals surface area contributed by atoms with Crippen LogP contribution in [0.3, 0.4) is 0 Å². The van der Waals surface area contributed by atoms with Crippen molar-refractivity contribution in [2.75, 3.05) is 0 Å². The largest absolute Gasteiger partial charge is 0.463 e. The van der Waals surface area contributed by atoms with Crippen LogP contribution in [0.1, 0.15) is 0 Å². The normalized spacial score (nSPS) is 17.7. The van der Waals surface area contributed by atoms with Crippen molar-refractivity contribution in [3.8, 4) is 0 Å². The molecule has 0 N–H and O–H groups in total. The quantitative estimate of drug-likeness (QED) is 0.489. The highest BCUT2D eigenvalue weighted by molar-refractivity contribution is 7.00. The minimum Gasteiger partial charge on any atom is -0.463 e. The van der Waals surface area contributed by atoms with E-state index < -0.39 is 35.2 Å². The summed E-state index contributed by atoms with van der Waals surface area (Å²) < 4.78 is 17.9. The third kappa shape index (κ3) is 8.81. The summed E-state index contributed by atoms with van der Waals surface area (Å²) in [5, 5.41) is 0. The zero-order chi connectivity index (χ0) is 12.8. The van der Waals surface area contributed by atoms with E-state index in [1.807, 2.05) is 5.70 Å². The molecule has 1 unspecified atom stereocenters. The van der Waals surface area contributed by atoms with Crippen molar-refractivity contribution < 1.29 is 12.3 Å². The summed E-state index contributed by atoms with van der Waals surface area (Å²) in [7, 11) is -5.29. The molecule has 3 nitrogen and oxygen atoms in total. The molecule has 0 saturated heterocycles. The summed E-state index contributed by atoms with van der Waals surface area (Å²) in [6, 6.07) is 0. The molecule has 8 heteroatoms. The van der Waals surface area contributed by atoms with Crippen molar-refractivity contribution in [2.45, 2.75) is 39.3 Å². The van der Waals surface area contributed by atoms with Gasteiger partial charge in [-0.05, 0) is 39.3 Å². The predicted molar refractivity (Wildman–Crippen MR) is 84.4 cm³/mol. The molecule has 0 amide bonds. The Morgan fingerprint density at radius 2 is 1.69 bits per heavy atom. The second-order valence-electron chi connectivity index (χ2n) is 5.20. The van der Waals surface area contributed by atoms with Crippen LogP contribution in [0, 0.1) is 0 Å². The lowest BCUT2D eigenvalue weighted by atomic mass is 11.3. The molecule has 0 aromatic carbocycles. The summed E-state index contributed by atoms with van der Waals surface area (Å²) >= 11 is 0. The molecule has 0 aromatic heterocycles. The lowest BCUT2D eigenvalue weighted by Gasteiger charge is -2.31. The van der Waals surface area contributed by atoms with Gasteiger partial charge in [0.25, 0.3) is 0 Å². The van der Waals surface area contributed by atoms with Crippen LogP contribution in [-0.2, 0) is 12.3 Å². The monoisotopic (exact) mass is 310 g/mol. The number of hydrogen-bond donors (Lipinski definition) is 0. The predicted octanol–water partition coefficient (Wildman–Crippen LogP) is 0.734. The van der Waals surface area contributed by atoms with Gasteiger partial charge in [0.05, 0.1) is 0 Å². The maximum atomic E-state index is 6.13. The molecule has 0 heterocycles. The van der Waals surface area contributed by atoms with Crippen LogP contribution >= 0.6 is 0 Å². The topological polar surface area (TPSA) is 27.7 Å². The van der Waals surface area contributed by atoms with Gasteiger partial charge in [0.15, 0.2) is 35.9 Å². The third-order valence-electron chi connectivity index (χ3n) is 1.80. The molecule has 0 aliphatic rings. The molecule has 0 saturated carbocycles. The smallest absolute Gasteiger partial charge is 0.340 e. The first-order valence-corrected chi connectivity index (χ1v) is 19.5. The Kier molecular flexibility index (Phi) is 7.53. The van der Waals surface area contributed by atoms with Crippen LogP contribution in [0.4, 0.5) is 0 Å². The van der Waals surface area contributed by atoms with E-state index in [9.17, 15) is 0 Å². The van der Waals surface area contributed by atoms with Crippen molar-refractivity contribution in [1.29, 1.82) is 0 Å².